The Hall–Kier alpha value is -0.370. The maximum Gasteiger partial charge on any atom is 0.120 e. The molecule has 0 radical (unpaired) electrons. The minimum absolute atomic E-state index is 0.241. The molecule has 2 heteroatoms. The summed E-state index contributed by atoms with van der Waals surface area (Å²) in [4.78, 5) is 10.2. The van der Waals surface area contributed by atoms with Crippen molar-refractivity contribution in [3.63, 3.8) is 0 Å². The summed E-state index contributed by atoms with van der Waals surface area (Å²) in [7, 11) is 0. The molecule has 0 amide bonds. The predicted octanol–water partition coefficient (Wildman–Crippen LogP) is 4.21. The molecule has 0 aliphatic heterocycles. The van der Waals surface area contributed by atoms with Crippen LogP contribution >= 0.6 is 0 Å². The van der Waals surface area contributed by atoms with Crippen molar-refractivity contribution in [1.82, 2.24) is 0 Å². The zero-order valence-corrected chi connectivity index (χ0v) is 11.6. The van der Waals surface area contributed by atoms with Gasteiger partial charge in [-0.3, -0.25) is 0 Å². The van der Waals surface area contributed by atoms with Crippen molar-refractivity contribution in [2.75, 3.05) is 0 Å². The van der Waals surface area contributed by atoms with Gasteiger partial charge in [-0.2, -0.15) is 0 Å². The largest absolute Gasteiger partial charge is 0.328 e. The van der Waals surface area contributed by atoms with E-state index < -0.39 is 0 Å². The fraction of sp³-hybridized carbons (Fsp3) is 0.933. The number of nitrogens with two attached hydrogens (primary N) is 1. The van der Waals surface area contributed by atoms with Crippen molar-refractivity contribution >= 4 is 6.29 Å². The van der Waals surface area contributed by atoms with E-state index in [0.717, 1.165) is 19.1 Å². The molecule has 2 N–H and O–H groups in total. The molecule has 0 rings (SSSR count). The van der Waals surface area contributed by atoms with Gasteiger partial charge in [0.05, 0.1) is 0 Å². The number of aldehydes is 1. The van der Waals surface area contributed by atoms with Gasteiger partial charge in [0.25, 0.3) is 0 Å². The van der Waals surface area contributed by atoms with Crippen LogP contribution < -0.4 is 5.73 Å². The van der Waals surface area contributed by atoms with Gasteiger partial charge in [-0.15, -0.1) is 0 Å². The fourth-order valence-electron chi connectivity index (χ4n) is 2.14. The van der Waals surface area contributed by atoms with Crippen molar-refractivity contribution in [3.05, 3.63) is 0 Å². The highest BCUT2D eigenvalue weighted by atomic mass is 16.1. The number of unbranched alkanes of at least 4 members (excludes halogenated alkanes) is 8. The van der Waals surface area contributed by atoms with Crippen LogP contribution in [0.1, 0.15) is 84.0 Å². The van der Waals surface area contributed by atoms with Crippen LogP contribution in [0, 0.1) is 0 Å². The lowest BCUT2D eigenvalue weighted by atomic mass is 10.0. The summed E-state index contributed by atoms with van der Waals surface area (Å²) in [5, 5.41) is 0. The third-order valence-electron chi connectivity index (χ3n) is 3.33. The van der Waals surface area contributed by atoms with Gasteiger partial charge in [0.1, 0.15) is 6.29 Å². The molecular formula is C15H31NO. The number of rotatable bonds is 13. The van der Waals surface area contributed by atoms with Crippen LogP contribution in [0.15, 0.2) is 0 Å². The molecule has 2 nitrogen and oxygen atoms in total. The topological polar surface area (TPSA) is 43.1 Å². The number of carbonyl (C=O) groups excluding carboxylic acids is 1. The molecule has 1 unspecified atom stereocenters. The minimum Gasteiger partial charge on any atom is -0.328 e. The Morgan fingerprint density at radius 1 is 0.882 bits per heavy atom. The molecule has 0 fully saturated rings. The van der Waals surface area contributed by atoms with Crippen LogP contribution in [-0.2, 0) is 4.79 Å². The van der Waals surface area contributed by atoms with E-state index in [0.29, 0.717) is 6.42 Å². The summed E-state index contributed by atoms with van der Waals surface area (Å²) in [6, 6.07) is 0.241. The van der Waals surface area contributed by atoms with E-state index in [4.69, 9.17) is 5.73 Å². The van der Waals surface area contributed by atoms with Crippen molar-refractivity contribution in [2.24, 2.45) is 5.73 Å². The third kappa shape index (κ3) is 13.6. The Kier molecular flexibility index (Phi) is 13.4. The summed E-state index contributed by atoms with van der Waals surface area (Å²) in [6.45, 7) is 2.26. The van der Waals surface area contributed by atoms with E-state index >= 15 is 0 Å². The van der Waals surface area contributed by atoms with Gasteiger partial charge in [0.15, 0.2) is 0 Å². The number of hydrogen-bond acceptors (Lipinski definition) is 2. The minimum atomic E-state index is 0.241. The summed E-state index contributed by atoms with van der Waals surface area (Å²) in [6.07, 6.45) is 15.8. The zero-order chi connectivity index (χ0) is 12.8. The van der Waals surface area contributed by atoms with E-state index in [-0.39, 0.29) is 6.04 Å². The average molecular weight is 241 g/mol. The van der Waals surface area contributed by atoms with Crippen molar-refractivity contribution in [2.45, 2.75) is 90.0 Å². The van der Waals surface area contributed by atoms with Crippen LogP contribution in [0.25, 0.3) is 0 Å². The first kappa shape index (κ1) is 16.6. The molecule has 0 heterocycles. The van der Waals surface area contributed by atoms with Gasteiger partial charge in [-0.25, -0.2) is 0 Å². The van der Waals surface area contributed by atoms with Gasteiger partial charge in [-0.1, -0.05) is 64.7 Å². The molecule has 17 heavy (non-hydrogen) atoms. The third-order valence-corrected chi connectivity index (χ3v) is 3.33. The molecule has 0 spiro atoms. The molecular weight excluding hydrogens is 210 g/mol. The van der Waals surface area contributed by atoms with Gasteiger partial charge >= 0.3 is 0 Å². The Balaban J connectivity index is 3.04. The summed E-state index contributed by atoms with van der Waals surface area (Å²) < 4.78 is 0. The van der Waals surface area contributed by atoms with Crippen LogP contribution in [-0.4, -0.2) is 12.3 Å². The molecule has 0 saturated carbocycles. The van der Waals surface area contributed by atoms with E-state index in [1.165, 1.54) is 57.8 Å². The molecule has 1 atom stereocenters. The van der Waals surface area contributed by atoms with Gasteiger partial charge in [-0.05, 0) is 12.8 Å². The molecule has 0 aliphatic rings. The monoisotopic (exact) mass is 241 g/mol. The second-order valence-corrected chi connectivity index (χ2v) is 5.12. The molecule has 102 valence electrons. The molecule has 0 aromatic rings. The molecule has 0 aromatic heterocycles. The summed E-state index contributed by atoms with van der Waals surface area (Å²) in [5.74, 6) is 0. The quantitative estimate of drug-likeness (QED) is 0.387. The van der Waals surface area contributed by atoms with Crippen molar-refractivity contribution < 1.29 is 4.79 Å². The number of carbonyl (C=O) groups is 1. The second-order valence-electron chi connectivity index (χ2n) is 5.12. The molecule has 0 bridgehead atoms. The maximum atomic E-state index is 10.2. The van der Waals surface area contributed by atoms with Crippen LogP contribution in [0.4, 0.5) is 0 Å². The Labute approximate surface area is 107 Å². The highest BCUT2D eigenvalue weighted by molar-refractivity contribution is 5.49. The highest BCUT2D eigenvalue weighted by Gasteiger charge is 2.01. The van der Waals surface area contributed by atoms with Crippen LogP contribution in [0.5, 0.6) is 0 Å². The Morgan fingerprint density at radius 2 is 1.41 bits per heavy atom. The lowest BCUT2D eigenvalue weighted by molar-refractivity contribution is -0.108. The maximum absolute atomic E-state index is 10.2. The molecule has 0 saturated heterocycles. The number of hydrogen-bond donors (Lipinski definition) is 1. The summed E-state index contributed by atoms with van der Waals surface area (Å²) in [5.41, 5.74) is 5.90. The highest BCUT2D eigenvalue weighted by Crippen LogP contribution is 2.11. The van der Waals surface area contributed by atoms with Crippen molar-refractivity contribution in [3.8, 4) is 0 Å². The second kappa shape index (κ2) is 13.7. The first-order chi connectivity index (χ1) is 8.31. The van der Waals surface area contributed by atoms with Gasteiger partial charge < -0.3 is 10.5 Å². The SMILES string of the molecule is CCCCCCCCCCCC(N)CCC=O. The van der Waals surface area contributed by atoms with Gasteiger partial charge in [0.2, 0.25) is 0 Å². The first-order valence-electron chi connectivity index (χ1n) is 7.50. The Morgan fingerprint density at radius 3 is 1.94 bits per heavy atom. The predicted molar refractivity (Wildman–Crippen MR) is 75.1 cm³/mol. The lowest BCUT2D eigenvalue weighted by Gasteiger charge is -2.09. The standard InChI is InChI=1S/C15H31NO/c1-2-3-4-5-6-7-8-9-10-12-15(16)13-11-14-17/h14-15H,2-13,16H2,1H3. The zero-order valence-electron chi connectivity index (χ0n) is 11.6. The van der Waals surface area contributed by atoms with Crippen LogP contribution in [0.3, 0.4) is 0 Å². The molecule has 0 aromatic carbocycles. The van der Waals surface area contributed by atoms with E-state index in [1.807, 2.05) is 0 Å². The van der Waals surface area contributed by atoms with Crippen molar-refractivity contribution in [1.29, 1.82) is 0 Å². The molecule has 0 aliphatic carbocycles. The van der Waals surface area contributed by atoms with Crippen LogP contribution in [0.2, 0.25) is 0 Å². The summed E-state index contributed by atoms with van der Waals surface area (Å²) >= 11 is 0. The lowest BCUT2D eigenvalue weighted by Crippen LogP contribution is -2.19. The average Bonchev–Trinajstić information content (AvgIpc) is 2.34. The normalized spacial score (nSPS) is 12.6. The first-order valence-corrected chi connectivity index (χ1v) is 7.50. The Bertz CT molecular complexity index is 159. The van der Waals surface area contributed by atoms with Gasteiger partial charge in [0, 0.05) is 12.5 Å². The van der Waals surface area contributed by atoms with E-state index in [2.05, 4.69) is 6.92 Å². The van der Waals surface area contributed by atoms with E-state index in [9.17, 15) is 4.79 Å². The fourth-order valence-corrected chi connectivity index (χ4v) is 2.14. The smallest absolute Gasteiger partial charge is 0.120 e. The van der Waals surface area contributed by atoms with E-state index in [1.54, 1.807) is 0 Å².